The van der Waals surface area contributed by atoms with E-state index in [1.165, 1.54) is 16.3 Å². The van der Waals surface area contributed by atoms with E-state index in [1.54, 1.807) is 0 Å². The highest BCUT2D eigenvalue weighted by Gasteiger charge is 2.03. The summed E-state index contributed by atoms with van der Waals surface area (Å²) in [5.41, 5.74) is 2.42. The van der Waals surface area contributed by atoms with Gasteiger partial charge >= 0.3 is 0 Å². The minimum Gasteiger partial charge on any atom is -0.298 e. The Balaban J connectivity index is 1.67. The average Bonchev–Trinajstić information content (AvgIpc) is 2.57. The van der Waals surface area contributed by atoms with Crippen molar-refractivity contribution in [3.63, 3.8) is 0 Å². The van der Waals surface area contributed by atoms with Crippen LogP contribution in [0.15, 0.2) is 72.8 Å². The van der Waals surface area contributed by atoms with Crippen LogP contribution in [0.2, 0.25) is 5.02 Å². The molecule has 23 heavy (non-hydrogen) atoms. The largest absolute Gasteiger partial charge is 0.298 e. The first-order chi connectivity index (χ1) is 11.2. The first-order valence-electron chi connectivity index (χ1n) is 7.80. The Labute approximate surface area is 142 Å². The van der Waals surface area contributed by atoms with Crippen LogP contribution in [0.25, 0.3) is 16.8 Å². The Bertz CT molecular complexity index is 817. The number of hydrogen-bond donors (Lipinski definition) is 0. The fourth-order valence-corrected chi connectivity index (χ4v) is 2.95. The van der Waals surface area contributed by atoms with E-state index in [0.717, 1.165) is 23.7 Å². The maximum Gasteiger partial charge on any atom is 0.0478 e. The lowest BCUT2D eigenvalue weighted by Gasteiger charge is -2.16. The zero-order valence-electron chi connectivity index (χ0n) is 13.2. The molecule has 0 fully saturated rings. The van der Waals surface area contributed by atoms with Gasteiger partial charge in [-0.05, 0) is 35.0 Å². The molecule has 3 rings (SSSR count). The van der Waals surface area contributed by atoms with Crippen molar-refractivity contribution >= 4 is 28.4 Å². The van der Waals surface area contributed by atoms with Gasteiger partial charge < -0.3 is 0 Å². The predicted molar refractivity (Wildman–Crippen MR) is 101 cm³/mol. The Hall–Kier alpha value is -2.09. The van der Waals surface area contributed by atoms with Gasteiger partial charge in [-0.25, -0.2) is 0 Å². The van der Waals surface area contributed by atoms with Gasteiger partial charge in [0.25, 0.3) is 0 Å². The molecule has 0 aromatic heterocycles. The smallest absolute Gasteiger partial charge is 0.0478 e. The highest BCUT2D eigenvalue weighted by Crippen LogP contribution is 2.20. The van der Waals surface area contributed by atoms with Crippen LogP contribution in [-0.2, 0) is 6.54 Å². The van der Waals surface area contributed by atoms with E-state index in [4.69, 9.17) is 11.6 Å². The van der Waals surface area contributed by atoms with Gasteiger partial charge in [-0.15, -0.1) is 0 Å². The molecule has 1 nitrogen and oxygen atoms in total. The van der Waals surface area contributed by atoms with Crippen LogP contribution in [0.3, 0.4) is 0 Å². The third kappa shape index (κ3) is 4.01. The first-order valence-corrected chi connectivity index (χ1v) is 8.18. The normalized spacial score (nSPS) is 11.6. The molecule has 0 atom stereocenters. The summed E-state index contributed by atoms with van der Waals surface area (Å²) in [5, 5.41) is 3.42. The van der Waals surface area contributed by atoms with Crippen LogP contribution in [0.1, 0.15) is 11.1 Å². The molecule has 0 saturated carbocycles. The zero-order chi connectivity index (χ0) is 16.1. The molecule has 0 unspecified atom stereocenters. The van der Waals surface area contributed by atoms with E-state index in [0.29, 0.717) is 0 Å². The summed E-state index contributed by atoms with van der Waals surface area (Å²) in [5.74, 6) is 0. The number of nitrogens with zero attached hydrogens (tertiary/aromatic N) is 1. The summed E-state index contributed by atoms with van der Waals surface area (Å²) in [7, 11) is 2.14. The van der Waals surface area contributed by atoms with Crippen molar-refractivity contribution in [1.82, 2.24) is 4.90 Å². The Morgan fingerprint density at radius 2 is 1.65 bits per heavy atom. The monoisotopic (exact) mass is 321 g/mol. The average molecular weight is 322 g/mol. The molecule has 2 heteroatoms. The van der Waals surface area contributed by atoms with Gasteiger partial charge in [0, 0.05) is 18.1 Å². The van der Waals surface area contributed by atoms with Gasteiger partial charge in [-0.3, -0.25) is 4.90 Å². The van der Waals surface area contributed by atoms with Gasteiger partial charge in [-0.2, -0.15) is 0 Å². The SMILES string of the molecule is CN(C/C=C/c1ccccc1Cl)Cc1cccc2ccccc12. The van der Waals surface area contributed by atoms with Crippen LogP contribution in [0.4, 0.5) is 0 Å². The van der Waals surface area contributed by atoms with Gasteiger partial charge in [0.1, 0.15) is 0 Å². The van der Waals surface area contributed by atoms with Crippen LogP contribution in [-0.4, -0.2) is 18.5 Å². The first kappa shape index (κ1) is 15.8. The Kier molecular flexibility index (Phi) is 5.12. The number of likely N-dealkylation sites (N-methyl/N-ethyl adjacent to an activating group) is 1. The molecular weight excluding hydrogens is 302 g/mol. The zero-order valence-corrected chi connectivity index (χ0v) is 14.0. The highest BCUT2D eigenvalue weighted by atomic mass is 35.5. The Morgan fingerprint density at radius 3 is 2.52 bits per heavy atom. The molecule has 0 heterocycles. The second-order valence-electron chi connectivity index (χ2n) is 5.76. The third-order valence-corrected chi connectivity index (χ3v) is 4.28. The second kappa shape index (κ2) is 7.45. The maximum atomic E-state index is 6.17. The fourth-order valence-electron chi connectivity index (χ4n) is 2.76. The van der Waals surface area contributed by atoms with Gasteiger partial charge in [0.15, 0.2) is 0 Å². The van der Waals surface area contributed by atoms with E-state index >= 15 is 0 Å². The number of rotatable bonds is 5. The van der Waals surface area contributed by atoms with Crippen LogP contribution >= 0.6 is 11.6 Å². The lowest BCUT2D eigenvalue weighted by atomic mass is 10.0. The summed E-state index contributed by atoms with van der Waals surface area (Å²) in [6, 6.07) is 22.9. The maximum absolute atomic E-state index is 6.17. The van der Waals surface area contributed by atoms with Crippen LogP contribution < -0.4 is 0 Å². The van der Waals surface area contributed by atoms with Crippen molar-refractivity contribution in [2.75, 3.05) is 13.6 Å². The second-order valence-corrected chi connectivity index (χ2v) is 6.17. The summed E-state index contributed by atoms with van der Waals surface area (Å²) in [6.07, 6.45) is 4.24. The predicted octanol–water partition coefficient (Wildman–Crippen LogP) is 5.64. The van der Waals surface area contributed by atoms with Crippen molar-refractivity contribution in [1.29, 1.82) is 0 Å². The van der Waals surface area contributed by atoms with E-state index in [1.807, 2.05) is 24.3 Å². The minimum atomic E-state index is 0.792. The van der Waals surface area contributed by atoms with E-state index < -0.39 is 0 Å². The molecule has 3 aromatic rings. The van der Waals surface area contributed by atoms with E-state index in [9.17, 15) is 0 Å². The molecule has 116 valence electrons. The number of benzene rings is 3. The number of fused-ring (bicyclic) bond motifs is 1. The van der Waals surface area contributed by atoms with Gasteiger partial charge in [0.2, 0.25) is 0 Å². The van der Waals surface area contributed by atoms with E-state index in [-0.39, 0.29) is 0 Å². The molecule has 0 saturated heterocycles. The lowest BCUT2D eigenvalue weighted by Crippen LogP contribution is -2.17. The third-order valence-electron chi connectivity index (χ3n) is 3.94. The van der Waals surface area contributed by atoms with Gasteiger partial charge in [-0.1, -0.05) is 84.4 Å². The van der Waals surface area contributed by atoms with Crippen molar-refractivity contribution in [2.45, 2.75) is 6.54 Å². The molecule has 0 aliphatic rings. The van der Waals surface area contributed by atoms with Crippen LogP contribution in [0, 0.1) is 0 Å². The fraction of sp³-hybridized carbons (Fsp3) is 0.143. The molecule has 0 radical (unpaired) electrons. The summed E-state index contributed by atoms with van der Waals surface area (Å²) in [4.78, 5) is 2.30. The van der Waals surface area contributed by atoms with Crippen molar-refractivity contribution in [2.24, 2.45) is 0 Å². The summed E-state index contributed by atoms with van der Waals surface area (Å²) < 4.78 is 0. The standard InChI is InChI=1S/C21H20ClN/c1-23(15-7-12-18-9-3-5-14-21(18)22)16-19-11-6-10-17-8-2-4-13-20(17)19/h2-14H,15-16H2,1H3/b12-7+. The van der Waals surface area contributed by atoms with Crippen molar-refractivity contribution in [3.8, 4) is 0 Å². The summed E-state index contributed by atoms with van der Waals surface area (Å²) >= 11 is 6.17. The van der Waals surface area contributed by atoms with Gasteiger partial charge in [0.05, 0.1) is 0 Å². The molecule has 0 N–H and O–H groups in total. The molecular formula is C21H20ClN. The van der Waals surface area contributed by atoms with Crippen molar-refractivity contribution in [3.05, 3.63) is 89.0 Å². The van der Waals surface area contributed by atoms with Crippen LogP contribution in [0.5, 0.6) is 0 Å². The van der Waals surface area contributed by atoms with E-state index in [2.05, 4.69) is 66.6 Å². The highest BCUT2D eigenvalue weighted by molar-refractivity contribution is 6.32. The van der Waals surface area contributed by atoms with Crippen molar-refractivity contribution < 1.29 is 0 Å². The number of hydrogen-bond acceptors (Lipinski definition) is 1. The summed E-state index contributed by atoms with van der Waals surface area (Å²) in [6.45, 7) is 1.81. The molecule has 0 bridgehead atoms. The minimum absolute atomic E-state index is 0.792. The molecule has 0 spiro atoms. The quantitative estimate of drug-likeness (QED) is 0.588. The molecule has 0 aliphatic carbocycles. The Morgan fingerprint density at radius 1 is 0.913 bits per heavy atom. The topological polar surface area (TPSA) is 3.24 Å². The molecule has 0 aliphatic heterocycles. The molecule has 0 amide bonds. The molecule has 3 aromatic carbocycles. The number of halogens is 1. The lowest BCUT2D eigenvalue weighted by molar-refractivity contribution is 0.365.